The molecule has 0 spiro atoms. The average molecular weight is 296 g/mol. The summed E-state index contributed by atoms with van der Waals surface area (Å²) in [5, 5.41) is 0. The lowest BCUT2D eigenvalue weighted by atomic mass is 9.90. The summed E-state index contributed by atoms with van der Waals surface area (Å²) in [6.07, 6.45) is 0.668. The molecule has 0 aliphatic carbocycles. The van der Waals surface area contributed by atoms with E-state index in [-0.39, 0.29) is 12.0 Å². The molecule has 92 valence electrons. The average Bonchev–Trinajstić information content (AvgIpc) is 2.28. The third-order valence-electron chi connectivity index (χ3n) is 3.79. The molecule has 0 aromatic heterocycles. The Kier molecular flexibility index (Phi) is 3.57. The number of halogens is 1. The van der Waals surface area contributed by atoms with Crippen LogP contribution in [0.4, 0.5) is 5.69 Å². The van der Waals surface area contributed by atoms with E-state index < -0.39 is 0 Å². The van der Waals surface area contributed by atoms with Gasteiger partial charge in [-0.05, 0) is 37.6 Å². The van der Waals surface area contributed by atoms with Gasteiger partial charge < -0.3 is 4.90 Å². The minimum Gasteiger partial charge on any atom is -0.367 e. The summed E-state index contributed by atoms with van der Waals surface area (Å²) in [5.74, 6) is 0.523. The lowest BCUT2D eigenvalue weighted by Crippen LogP contribution is -2.47. The predicted molar refractivity (Wildman–Crippen MR) is 74.5 cm³/mol. The first-order valence-electron chi connectivity index (χ1n) is 6.06. The monoisotopic (exact) mass is 295 g/mol. The van der Waals surface area contributed by atoms with Crippen molar-refractivity contribution in [3.05, 3.63) is 28.2 Å². The van der Waals surface area contributed by atoms with Gasteiger partial charge in [0.15, 0.2) is 0 Å². The number of rotatable bonds is 1. The van der Waals surface area contributed by atoms with E-state index >= 15 is 0 Å². The highest BCUT2D eigenvalue weighted by molar-refractivity contribution is 9.10. The molecule has 1 aliphatic rings. The van der Waals surface area contributed by atoms with Gasteiger partial charge in [0.25, 0.3) is 0 Å². The van der Waals surface area contributed by atoms with E-state index in [4.69, 9.17) is 0 Å². The van der Waals surface area contributed by atoms with Gasteiger partial charge in [0.1, 0.15) is 5.78 Å². The normalized spacial score (nSPS) is 25.2. The zero-order valence-corrected chi connectivity index (χ0v) is 12.1. The lowest BCUT2D eigenvalue weighted by Gasteiger charge is -2.39. The maximum Gasteiger partial charge on any atom is 0.139 e. The van der Waals surface area contributed by atoms with E-state index in [1.807, 2.05) is 6.92 Å². The summed E-state index contributed by atoms with van der Waals surface area (Å²) < 4.78 is 1.10. The summed E-state index contributed by atoms with van der Waals surface area (Å²) in [6.45, 7) is 7.14. The quantitative estimate of drug-likeness (QED) is 0.789. The van der Waals surface area contributed by atoms with Crippen molar-refractivity contribution in [2.45, 2.75) is 33.2 Å². The minimum absolute atomic E-state index is 0.131. The Labute approximate surface area is 111 Å². The molecule has 0 saturated carbocycles. The number of hydrogen-bond acceptors (Lipinski definition) is 2. The van der Waals surface area contributed by atoms with Crippen molar-refractivity contribution in [3.63, 3.8) is 0 Å². The Morgan fingerprint density at radius 1 is 1.35 bits per heavy atom. The fourth-order valence-corrected chi connectivity index (χ4v) is 2.96. The van der Waals surface area contributed by atoms with Gasteiger partial charge in [0.05, 0.1) is 0 Å². The third kappa shape index (κ3) is 2.39. The summed E-state index contributed by atoms with van der Waals surface area (Å²) in [5.41, 5.74) is 2.51. The van der Waals surface area contributed by atoms with Gasteiger partial charge in [-0.2, -0.15) is 0 Å². The van der Waals surface area contributed by atoms with Gasteiger partial charge in [-0.3, -0.25) is 4.79 Å². The molecule has 2 atom stereocenters. The Balaban J connectivity index is 2.31. The molecule has 0 N–H and O–H groups in total. The Morgan fingerprint density at radius 3 is 2.71 bits per heavy atom. The number of Topliss-reactive ketones (excluding diaryl/α,β-unsaturated/α-hetero) is 1. The molecule has 1 fully saturated rings. The molecule has 1 aromatic carbocycles. The first-order valence-corrected chi connectivity index (χ1v) is 6.85. The molecule has 1 aliphatic heterocycles. The van der Waals surface area contributed by atoms with E-state index in [0.717, 1.165) is 11.0 Å². The number of carbonyl (C=O) groups excluding carboxylic acids is 1. The van der Waals surface area contributed by atoms with Crippen molar-refractivity contribution in [3.8, 4) is 0 Å². The number of piperidine rings is 1. The van der Waals surface area contributed by atoms with Crippen LogP contribution in [0, 0.1) is 12.8 Å². The smallest absolute Gasteiger partial charge is 0.139 e. The van der Waals surface area contributed by atoms with Crippen LogP contribution in [0.3, 0.4) is 0 Å². The molecule has 1 heterocycles. The Bertz CT molecular complexity index is 444. The van der Waals surface area contributed by atoms with Crippen LogP contribution in [-0.4, -0.2) is 18.4 Å². The van der Waals surface area contributed by atoms with E-state index in [1.54, 1.807) is 0 Å². The number of aryl methyl sites for hydroxylation is 1. The third-order valence-corrected chi connectivity index (χ3v) is 4.28. The van der Waals surface area contributed by atoms with E-state index in [9.17, 15) is 4.79 Å². The molecular formula is C14H18BrNO. The molecule has 0 radical (unpaired) electrons. The fourth-order valence-electron chi connectivity index (χ4n) is 2.48. The Hall–Kier alpha value is -0.830. The molecular weight excluding hydrogens is 278 g/mol. The van der Waals surface area contributed by atoms with E-state index in [0.29, 0.717) is 12.2 Å². The minimum atomic E-state index is 0.131. The van der Waals surface area contributed by atoms with Crippen LogP contribution < -0.4 is 4.90 Å². The molecule has 2 nitrogen and oxygen atoms in total. The van der Waals surface area contributed by atoms with Crippen LogP contribution >= 0.6 is 15.9 Å². The number of benzene rings is 1. The fraction of sp³-hybridized carbons (Fsp3) is 0.500. The van der Waals surface area contributed by atoms with E-state index in [1.165, 1.54) is 11.3 Å². The molecule has 1 aromatic rings. The number of carbonyl (C=O) groups is 1. The van der Waals surface area contributed by atoms with Crippen LogP contribution in [0.1, 0.15) is 25.8 Å². The summed E-state index contributed by atoms with van der Waals surface area (Å²) >= 11 is 3.48. The molecule has 2 unspecified atom stereocenters. The molecule has 17 heavy (non-hydrogen) atoms. The van der Waals surface area contributed by atoms with Crippen LogP contribution in [0.2, 0.25) is 0 Å². The van der Waals surface area contributed by atoms with Crippen molar-refractivity contribution in [2.75, 3.05) is 11.4 Å². The molecule has 0 amide bonds. The second kappa shape index (κ2) is 4.81. The second-order valence-corrected chi connectivity index (χ2v) is 5.79. The summed E-state index contributed by atoms with van der Waals surface area (Å²) in [7, 11) is 0. The first-order chi connectivity index (χ1) is 8.00. The zero-order chi connectivity index (χ0) is 12.6. The number of hydrogen-bond donors (Lipinski definition) is 0. The van der Waals surface area contributed by atoms with Gasteiger partial charge in [0.2, 0.25) is 0 Å². The maximum absolute atomic E-state index is 11.7. The SMILES string of the molecule is Cc1cc(Br)ccc1N1CCC(=O)C(C)C1C. The van der Waals surface area contributed by atoms with Crippen LogP contribution in [0.25, 0.3) is 0 Å². The largest absolute Gasteiger partial charge is 0.367 e. The zero-order valence-electron chi connectivity index (χ0n) is 10.5. The molecule has 0 bridgehead atoms. The highest BCUT2D eigenvalue weighted by Gasteiger charge is 2.31. The summed E-state index contributed by atoms with van der Waals surface area (Å²) in [4.78, 5) is 14.0. The topological polar surface area (TPSA) is 20.3 Å². The van der Waals surface area contributed by atoms with Crippen LogP contribution in [0.5, 0.6) is 0 Å². The van der Waals surface area contributed by atoms with Gasteiger partial charge in [-0.1, -0.05) is 22.9 Å². The van der Waals surface area contributed by atoms with Crippen LogP contribution in [-0.2, 0) is 4.79 Å². The van der Waals surface area contributed by atoms with Crippen molar-refractivity contribution < 1.29 is 4.79 Å². The standard InChI is InChI=1S/C14H18BrNO/c1-9-8-12(15)4-5-13(9)16-7-6-14(17)10(2)11(16)3/h4-5,8,10-11H,6-7H2,1-3H3. The second-order valence-electron chi connectivity index (χ2n) is 4.87. The van der Waals surface area contributed by atoms with Crippen molar-refractivity contribution in [1.29, 1.82) is 0 Å². The number of nitrogens with zero attached hydrogens (tertiary/aromatic N) is 1. The number of ketones is 1. The van der Waals surface area contributed by atoms with Crippen molar-refractivity contribution in [2.24, 2.45) is 5.92 Å². The van der Waals surface area contributed by atoms with Gasteiger partial charge >= 0.3 is 0 Å². The first kappa shape index (κ1) is 12.6. The Morgan fingerprint density at radius 2 is 2.06 bits per heavy atom. The van der Waals surface area contributed by atoms with Crippen molar-refractivity contribution >= 4 is 27.4 Å². The van der Waals surface area contributed by atoms with Gasteiger partial charge in [-0.25, -0.2) is 0 Å². The predicted octanol–water partition coefficient (Wildman–Crippen LogP) is 3.56. The molecule has 1 saturated heterocycles. The highest BCUT2D eigenvalue weighted by Crippen LogP contribution is 2.30. The maximum atomic E-state index is 11.7. The van der Waals surface area contributed by atoms with Crippen molar-refractivity contribution in [1.82, 2.24) is 0 Å². The highest BCUT2D eigenvalue weighted by atomic mass is 79.9. The van der Waals surface area contributed by atoms with Gasteiger partial charge in [0, 0.05) is 35.1 Å². The van der Waals surface area contributed by atoms with E-state index in [2.05, 4.69) is 52.9 Å². The lowest BCUT2D eigenvalue weighted by molar-refractivity contribution is -0.123. The molecule has 3 heteroatoms. The number of anilines is 1. The summed E-state index contributed by atoms with van der Waals surface area (Å²) in [6, 6.07) is 6.62. The van der Waals surface area contributed by atoms with Crippen LogP contribution in [0.15, 0.2) is 22.7 Å². The molecule has 2 rings (SSSR count). The van der Waals surface area contributed by atoms with Gasteiger partial charge in [-0.15, -0.1) is 0 Å².